The lowest BCUT2D eigenvalue weighted by molar-refractivity contribution is 0.469. The van der Waals surface area contributed by atoms with E-state index < -0.39 is 0 Å². The lowest BCUT2D eigenvalue weighted by Crippen LogP contribution is -1.99. The lowest BCUT2D eigenvalue weighted by atomic mass is 10.0. The Hall–Kier alpha value is -2.74. The van der Waals surface area contributed by atoms with Crippen LogP contribution in [0.3, 0.4) is 0 Å². The Morgan fingerprint density at radius 2 is 1.59 bits per heavy atom. The minimum absolute atomic E-state index is 0.325. The fourth-order valence-corrected chi connectivity index (χ4v) is 2.46. The number of aryl methyl sites for hydroxylation is 1. The average molecular weight is 289 g/mol. The van der Waals surface area contributed by atoms with Gasteiger partial charge in [0.2, 0.25) is 0 Å². The summed E-state index contributed by atoms with van der Waals surface area (Å²) in [6.45, 7) is 2.71. The number of para-hydroxylation sites is 1. The molecule has 3 rings (SSSR count). The first-order valence-electron chi connectivity index (χ1n) is 7.40. The maximum absolute atomic E-state index is 9.77. The Kier molecular flexibility index (Phi) is 4.10. The van der Waals surface area contributed by atoms with Crippen LogP contribution in [0.25, 0.3) is 11.1 Å². The van der Waals surface area contributed by atoms with E-state index in [2.05, 4.69) is 60.8 Å². The molecule has 0 aliphatic rings. The van der Waals surface area contributed by atoms with Gasteiger partial charge in [-0.05, 0) is 36.2 Å². The molecule has 22 heavy (non-hydrogen) atoms. The van der Waals surface area contributed by atoms with Crippen molar-refractivity contribution in [1.29, 1.82) is 0 Å². The Bertz CT molecular complexity index is 763. The third-order valence-electron chi connectivity index (χ3n) is 3.71. The van der Waals surface area contributed by atoms with E-state index in [-0.39, 0.29) is 0 Å². The van der Waals surface area contributed by atoms with Crippen LogP contribution in [0, 0.1) is 6.92 Å². The molecule has 0 aromatic heterocycles. The molecule has 3 aromatic carbocycles. The zero-order valence-corrected chi connectivity index (χ0v) is 12.6. The standard InChI is InChI=1S/C20H19NO/c1-15-5-4-7-17(13-15)16-9-11-19(12-10-16)21-14-18-6-2-3-8-20(18)22/h2-13,21-22H,14H2,1H3. The second-order valence-corrected chi connectivity index (χ2v) is 5.43. The molecule has 0 spiro atoms. The highest BCUT2D eigenvalue weighted by molar-refractivity contribution is 5.66. The van der Waals surface area contributed by atoms with Gasteiger partial charge in [-0.2, -0.15) is 0 Å². The highest BCUT2D eigenvalue weighted by Gasteiger charge is 2.01. The van der Waals surface area contributed by atoms with Crippen LogP contribution in [-0.2, 0) is 6.54 Å². The van der Waals surface area contributed by atoms with Crippen molar-refractivity contribution >= 4 is 5.69 Å². The molecule has 0 unspecified atom stereocenters. The molecule has 0 heterocycles. The van der Waals surface area contributed by atoms with Gasteiger partial charge in [-0.15, -0.1) is 0 Å². The van der Waals surface area contributed by atoms with Crippen LogP contribution in [-0.4, -0.2) is 5.11 Å². The number of rotatable bonds is 4. The monoisotopic (exact) mass is 289 g/mol. The number of aromatic hydroxyl groups is 1. The predicted octanol–water partition coefficient (Wildman–Crippen LogP) is 4.98. The number of hydrogen-bond acceptors (Lipinski definition) is 2. The van der Waals surface area contributed by atoms with Gasteiger partial charge in [0.25, 0.3) is 0 Å². The maximum Gasteiger partial charge on any atom is 0.120 e. The van der Waals surface area contributed by atoms with Crippen LogP contribution in [0.1, 0.15) is 11.1 Å². The Labute approximate surface area is 131 Å². The normalized spacial score (nSPS) is 10.4. The lowest BCUT2D eigenvalue weighted by Gasteiger charge is -2.09. The van der Waals surface area contributed by atoms with Crippen molar-refractivity contribution in [2.24, 2.45) is 0 Å². The van der Waals surface area contributed by atoms with E-state index in [1.807, 2.05) is 18.2 Å². The largest absolute Gasteiger partial charge is 0.508 e. The van der Waals surface area contributed by atoms with Crippen molar-refractivity contribution in [2.45, 2.75) is 13.5 Å². The van der Waals surface area contributed by atoms with Gasteiger partial charge in [0.15, 0.2) is 0 Å². The topological polar surface area (TPSA) is 32.3 Å². The molecule has 2 nitrogen and oxygen atoms in total. The molecule has 2 heteroatoms. The Balaban J connectivity index is 1.71. The molecule has 3 aromatic rings. The van der Waals surface area contributed by atoms with Crippen LogP contribution >= 0.6 is 0 Å². The minimum Gasteiger partial charge on any atom is -0.508 e. The van der Waals surface area contributed by atoms with Crippen molar-refractivity contribution < 1.29 is 5.11 Å². The molecule has 2 N–H and O–H groups in total. The predicted molar refractivity (Wildman–Crippen MR) is 92.0 cm³/mol. The molecule has 0 saturated heterocycles. The SMILES string of the molecule is Cc1cccc(-c2ccc(NCc3ccccc3O)cc2)c1. The summed E-state index contributed by atoms with van der Waals surface area (Å²) in [5, 5.41) is 13.1. The summed E-state index contributed by atoms with van der Waals surface area (Å²) in [7, 11) is 0. The third-order valence-corrected chi connectivity index (χ3v) is 3.71. The molecule has 110 valence electrons. The van der Waals surface area contributed by atoms with Gasteiger partial charge >= 0.3 is 0 Å². The van der Waals surface area contributed by atoms with E-state index in [0.717, 1.165) is 11.3 Å². The summed E-state index contributed by atoms with van der Waals surface area (Å²) in [4.78, 5) is 0. The summed E-state index contributed by atoms with van der Waals surface area (Å²) in [6, 6.07) is 24.2. The maximum atomic E-state index is 9.77. The van der Waals surface area contributed by atoms with E-state index >= 15 is 0 Å². The molecule has 0 aliphatic carbocycles. The summed E-state index contributed by atoms with van der Waals surface area (Å²) in [5.41, 5.74) is 5.63. The summed E-state index contributed by atoms with van der Waals surface area (Å²) in [5.74, 6) is 0.325. The fourth-order valence-electron chi connectivity index (χ4n) is 2.46. The van der Waals surface area contributed by atoms with Gasteiger partial charge in [0.05, 0.1) is 0 Å². The van der Waals surface area contributed by atoms with Gasteiger partial charge < -0.3 is 10.4 Å². The highest BCUT2D eigenvalue weighted by Crippen LogP contribution is 2.23. The summed E-state index contributed by atoms with van der Waals surface area (Å²) in [6.07, 6.45) is 0. The number of anilines is 1. The number of benzene rings is 3. The molecule has 0 saturated carbocycles. The van der Waals surface area contributed by atoms with E-state index in [0.29, 0.717) is 12.3 Å². The number of phenolic OH excluding ortho intramolecular Hbond substituents is 1. The van der Waals surface area contributed by atoms with Crippen molar-refractivity contribution in [2.75, 3.05) is 5.32 Å². The molecule has 0 radical (unpaired) electrons. The Morgan fingerprint density at radius 1 is 0.818 bits per heavy atom. The van der Waals surface area contributed by atoms with E-state index in [1.165, 1.54) is 16.7 Å². The second-order valence-electron chi connectivity index (χ2n) is 5.43. The van der Waals surface area contributed by atoms with Crippen LogP contribution in [0.2, 0.25) is 0 Å². The second kappa shape index (κ2) is 6.35. The first kappa shape index (κ1) is 14.2. The molecule has 0 bridgehead atoms. The smallest absolute Gasteiger partial charge is 0.120 e. The highest BCUT2D eigenvalue weighted by atomic mass is 16.3. The zero-order valence-electron chi connectivity index (χ0n) is 12.6. The van der Waals surface area contributed by atoms with E-state index in [9.17, 15) is 5.11 Å². The molecule has 0 aliphatic heterocycles. The van der Waals surface area contributed by atoms with Crippen LogP contribution < -0.4 is 5.32 Å². The zero-order chi connectivity index (χ0) is 15.4. The summed E-state index contributed by atoms with van der Waals surface area (Å²) >= 11 is 0. The number of hydrogen-bond donors (Lipinski definition) is 2. The molecular formula is C20H19NO. The van der Waals surface area contributed by atoms with Crippen molar-refractivity contribution in [1.82, 2.24) is 0 Å². The van der Waals surface area contributed by atoms with Crippen molar-refractivity contribution in [3.05, 3.63) is 83.9 Å². The van der Waals surface area contributed by atoms with E-state index in [1.54, 1.807) is 6.07 Å². The fraction of sp³-hybridized carbons (Fsp3) is 0.100. The number of nitrogens with one attached hydrogen (secondary N) is 1. The van der Waals surface area contributed by atoms with Gasteiger partial charge in [0, 0.05) is 17.8 Å². The van der Waals surface area contributed by atoms with Crippen LogP contribution in [0.15, 0.2) is 72.8 Å². The quantitative estimate of drug-likeness (QED) is 0.710. The first-order valence-corrected chi connectivity index (χ1v) is 7.40. The molecular weight excluding hydrogens is 270 g/mol. The molecule has 0 atom stereocenters. The summed E-state index contributed by atoms with van der Waals surface area (Å²) < 4.78 is 0. The van der Waals surface area contributed by atoms with Gasteiger partial charge in [-0.25, -0.2) is 0 Å². The minimum atomic E-state index is 0.325. The van der Waals surface area contributed by atoms with Crippen LogP contribution in [0.4, 0.5) is 5.69 Å². The Morgan fingerprint density at radius 3 is 2.32 bits per heavy atom. The molecule has 0 fully saturated rings. The van der Waals surface area contributed by atoms with Gasteiger partial charge in [0.1, 0.15) is 5.75 Å². The van der Waals surface area contributed by atoms with Crippen molar-refractivity contribution in [3.8, 4) is 16.9 Å². The first-order chi connectivity index (χ1) is 10.7. The number of phenols is 1. The average Bonchev–Trinajstić information content (AvgIpc) is 2.55. The third kappa shape index (κ3) is 3.29. The van der Waals surface area contributed by atoms with Crippen molar-refractivity contribution in [3.63, 3.8) is 0 Å². The van der Waals surface area contributed by atoms with Gasteiger partial charge in [-0.3, -0.25) is 0 Å². The van der Waals surface area contributed by atoms with E-state index in [4.69, 9.17) is 0 Å². The van der Waals surface area contributed by atoms with Gasteiger partial charge in [-0.1, -0.05) is 60.2 Å². The molecule has 0 amide bonds. The van der Waals surface area contributed by atoms with Crippen LogP contribution in [0.5, 0.6) is 5.75 Å².